The van der Waals surface area contributed by atoms with E-state index in [4.69, 9.17) is 4.74 Å². The summed E-state index contributed by atoms with van der Waals surface area (Å²) in [5.74, 6) is 0.121. The van der Waals surface area contributed by atoms with Gasteiger partial charge in [-0.05, 0) is 31.0 Å². The zero-order chi connectivity index (χ0) is 13.2. The lowest BCUT2D eigenvalue weighted by molar-refractivity contribution is -0.0752. The molecule has 1 saturated carbocycles. The third-order valence-corrected chi connectivity index (χ3v) is 4.36. The molecule has 102 valence electrons. The second-order valence-corrected chi connectivity index (χ2v) is 5.83. The molecule has 1 aliphatic heterocycles. The summed E-state index contributed by atoms with van der Waals surface area (Å²) in [5.41, 5.74) is 0.735. The van der Waals surface area contributed by atoms with Crippen molar-refractivity contribution >= 4 is 18.5 Å². The molecule has 2 unspecified atom stereocenters. The average Bonchev–Trinajstić information content (AvgIpc) is 2.46. The molecule has 0 spiro atoms. The topological polar surface area (TPSA) is 29.5 Å². The van der Waals surface area contributed by atoms with E-state index in [1.807, 2.05) is 29.2 Å². The zero-order valence-corrected chi connectivity index (χ0v) is 11.8. The van der Waals surface area contributed by atoms with Crippen molar-refractivity contribution in [3.8, 4) is 0 Å². The third-order valence-electron chi connectivity index (χ3n) is 4.09. The van der Waals surface area contributed by atoms with Gasteiger partial charge in [0.1, 0.15) is 0 Å². The first kappa shape index (κ1) is 13.0. The molecule has 3 nitrogen and oxygen atoms in total. The number of benzene rings is 1. The molecule has 0 aromatic heterocycles. The minimum Gasteiger partial charge on any atom is -0.374 e. The van der Waals surface area contributed by atoms with E-state index in [-0.39, 0.29) is 18.1 Å². The highest BCUT2D eigenvalue weighted by Gasteiger charge is 2.36. The van der Waals surface area contributed by atoms with E-state index in [0.29, 0.717) is 13.2 Å². The van der Waals surface area contributed by atoms with Gasteiger partial charge in [0.15, 0.2) is 0 Å². The molecule has 0 radical (unpaired) electrons. The Morgan fingerprint density at radius 2 is 2.16 bits per heavy atom. The van der Waals surface area contributed by atoms with Crippen molar-refractivity contribution in [1.29, 1.82) is 0 Å². The molecule has 1 aromatic carbocycles. The molecule has 2 aliphatic rings. The Kier molecular flexibility index (Phi) is 3.80. The summed E-state index contributed by atoms with van der Waals surface area (Å²) in [5, 5.41) is 0. The van der Waals surface area contributed by atoms with E-state index < -0.39 is 0 Å². The van der Waals surface area contributed by atoms with Crippen molar-refractivity contribution in [2.75, 3.05) is 13.2 Å². The number of carbonyl (C=O) groups is 1. The van der Waals surface area contributed by atoms with Crippen molar-refractivity contribution in [2.45, 2.75) is 42.7 Å². The van der Waals surface area contributed by atoms with Crippen LogP contribution in [0.3, 0.4) is 0 Å². The maximum absolute atomic E-state index is 12.6. The second-order valence-electron chi connectivity index (χ2n) is 5.31. The maximum atomic E-state index is 12.6. The van der Waals surface area contributed by atoms with E-state index in [1.165, 1.54) is 12.8 Å². The Labute approximate surface area is 119 Å². The number of rotatable bonds is 1. The van der Waals surface area contributed by atoms with Crippen molar-refractivity contribution in [2.24, 2.45) is 0 Å². The smallest absolute Gasteiger partial charge is 0.254 e. The third kappa shape index (κ3) is 2.65. The lowest BCUT2D eigenvalue weighted by Crippen LogP contribution is -2.54. The Balaban J connectivity index is 1.82. The maximum Gasteiger partial charge on any atom is 0.254 e. The largest absolute Gasteiger partial charge is 0.374 e. The van der Waals surface area contributed by atoms with Gasteiger partial charge in [-0.2, -0.15) is 0 Å². The Hall–Kier alpha value is -1.00. The highest BCUT2D eigenvalue weighted by atomic mass is 32.1. The van der Waals surface area contributed by atoms with Gasteiger partial charge in [-0.3, -0.25) is 4.79 Å². The minimum atomic E-state index is 0.121. The summed E-state index contributed by atoms with van der Waals surface area (Å²) < 4.78 is 5.81. The predicted molar refractivity (Wildman–Crippen MR) is 76.7 cm³/mol. The molecule has 2 atom stereocenters. The number of thiol groups is 1. The summed E-state index contributed by atoms with van der Waals surface area (Å²) in [6, 6.07) is 7.75. The number of amides is 1. The number of carbonyl (C=O) groups excluding carboxylic acids is 1. The fourth-order valence-corrected chi connectivity index (χ4v) is 3.38. The molecule has 1 heterocycles. The summed E-state index contributed by atoms with van der Waals surface area (Å²) in [6.45, 7) is 1.37. The Morgan fingerprint density at radius 1 is 1.32 bits per heavy atom. The number of nitrogens with zero attached hydrogens (tertiary/aromatic N) is 1. The fraction of sp³-hybridized carbons (Fsp3) is 0.533. The summed E-state index contributed by atoms with van der Waals surface area (Å²) in [6.07, 6.45) is 4.81. The minimum absolute atomic E-state index is 0.121. The van der Waals surface area contributed by atoms with Crippen LogP contribution in [0.25, 0.3) is 0 Å². The second kappa shape index (κ2) is 5.55. The quantitative estimate of drug-likeness (QED) is 0.800. The Bertz CT molecular complexity index is 475. The number of hydrogen-bond acceptors (Lipinski definition) is 3. The van der Waals surface area contributed by atoms with Crippen LogP contribution in [0.5, 0.6) is 0 Å². The first-order valence-electron chi connectivity index (χ1n) is 6.97. The van der Waals surface area contributed by atoms with E-state index in [0.717, 1.165) is 23.3 Å². The van der Waals surface area contributed by atoms with Gasteiger partial charge in [-0.25, -0.2) is 0 Å². The van der Waals surface area contributed by atoms with E-state index in [1.54, 1.807) is 0 Å². The summed E-state index contributed by atoms with van der Waals surface area (Å²) in [7, 11) is 0. The van der Waals surface area contributed by atoms with E-state index >= 15 is 0 Å². The molecule has 1 saturated heterocycles. The first-order valence-corrected chi connectivity index (χ1v) is 7.42. The SMILES string of the molecule is O=C(c1cccc(S)c1)N1CCOC2CCCCC21. The number of morpholine rings is 1. The van der Waals surface area contributed by atoms with Gasteiger partial charge >= 0.3 is 0 Å². The number of fused-ring (bicyclic) bond motifs is 1. The number of hydrogen-bond donors (Lipinski definition) is 1. The van der Waals surface area contributed by atoms with Crippen molar-refractivity contribution in [1.82, 2.24) is 4.90 Å². The van der Waals surface area contributed by atoms with Crippen LogP contribution in [0.4, 0.5) is 0 Å². The van der Waals surface area contributed by atoms with Crippen molar-refractivity contribution in [3.63, 3.8) is 0 Å². The van der Waals surface area contributed by atoms with Crippen molar-refractivity contribution < 1.29 is 9.53 Å². The average molecular weight is 277 g/mol. The van der Waals surface area contributed by atoms with E-state index in [2.05, 4.69) is 12.6 Å². The summed E-state index contributed by atoms with van der Waals surface area (Å²) in [4.78, 5) is 15.5. The van der Waals surface area contributed by atoms with Gasteiger partial charge in [-0.1, -0.05) is 18.9 Å². The van der Waals surface area contributed by atoms with E-state index in [9.17, 15) is 4.79 Å². The zero-order valence-electron chi connectivity index (χ0n) is 10.9. The molecule has 0 N–H and O–H groups in total. The van der Waals surface area contributed by atoms with Gasteiger partial charge < -0.3 is 9.64 Å². The molecule has 0 bridgehead atoms. The first-order chi connectivity index (χ1) is 9.25. The molecule has 3 rings (SSSR count). The monoisotopic (exact) mass is 277 g/mol. The van der Waals surface area contributed by atoms with Crippen molar-refractivity contribution in [3.05, 3.63) is 29.8 Å². The van der Waals surface area contributed by atoms with Crippen LogP contribution in [0.15, 0.2) is 29.2 Å². The summed E-state index contributed by atoms with van der Waals surface area (Å²) >= 11 is 4.31. The normalized spacial score (nSPS) is 26.9. The van der Waals surface area contributed by atoms with Gasteiger partial charge in [-0.15, -0.1) is 12.6 Å². The van der Waals surface area contributed by atoms with Gasteiger partial charge in [0, 0.05) is 17.0 Å². The molecule has 1 aliphatic carbocycles. The van der Waals surface area contributed by atoms with Gasteiger partial charge in [0.05, 0.1) is 18.8 Å². The molecule has 2 fully saturated rings. The molecular formula is C15H19NO2S. The highest BCUT2D eigenvalue weighted by Crippen LogP contribution is 2.29. The fourth-order valence-electron chi connectivity index (χ4n) is 3.15. The van der Waals surface area contributed by atoms with Crippen LogP contribution in [-0.2, 0) is 4.74 Å². The van der Waals surface area contributed by atoms with Crippen LogP contribution < -0.4 is 0 Å². The van der Waals surface area contributed by atoms with Crippen LogP contribution >= 0.6 is 12.6 Å². The Morgan fingerprint density at radius 3 is 3.00 bits per heavy atom. The van der Waals surface area contributed by atoms with Gasteiger partial charge in [0.25, 0.3) is 5.91 Å². The van der Waals surface area contributed by atoms with Crippen LogP contribution in [0, 0.1) is 0 Å². The lowest BCUT2D eigenvalue weighted by Gasteiger charge is -2.43. The molecule has 1 aromatic rings. The molecule has 19 heavy (non-hydrogen) atoms. The molecular weight excluding hydrogens is 258 g/mol. The highest BCUT2D eigenvalue weighted by molar-refractivity contribution is 7.80. The standard InChI is InChI=1S/C15H19NO2S/c17-15(11-4-3-5-12(19)10-11)16-8-9-18-14-7-2-1-6-13(14)16/h3-5,10,13-14,19H,1-2,6-9H2. The molecule has 1 amide bonds. The van der Waals surface area contributed by atoms with Crippen LogP contribution in [-0.4, -0.2) is 36.1 Å². The predicted octanol–water partition coefficient (Wildman–Crippen LogP) is 2.76. The lowest BCUT2D eigenvalue weighted by atomic mass is 9.89. The van der Waals surface area contributed by atoms with Gasteiger partial charge in [0.2, 0.25) is 0 Å². The van der Waals surface area contributed by atoms with Crippen LogP contribution in [0.2, 0.25) is 0 Å². The van der Waals surface area contributed by atoms with Crippen LogP contribution in [0.1, 0.15) is 36.0 Å². The molecule has 4 heteroatoms. The number of ether oxygens (including phenoxy) is 1.